The number of nitrogens with zero attached hydrogens (tertiary/aromatic N) is 4. The smallest absolute Gasteiger partial charge is 0.333 e. The van der Waals surface area contributed by atoms with Crippen LogP contribution in [0.2, 0.25) is 0 Å². The third kappa shape index (κ3) is 2.59. The monoisotopic (exact) mass is 383 g/mol. The Morgan fingerprint density at radius 3 is 2.88 bits per heavy atom. The number of carbonyl (C=O) groups excluding carboxylic acids is 1. The third-order valence-electron chi connectivity index (χ3n) is 4.63. The topological polar surface area (TPSA) is 66.8 Å². The minimum atomic E-state index is -4.55. The van der Waals surface area contributed by atoms with Gasteiger partial charge in [-0.2, -0.15) is 23.4 Å². The number of aromatic nitrogens is 4. The van der Waals surface area contributed by atoms with Gasteiger partial charge in [0.2, 0.25) is 0 Å². The van der Waals surface area contributed by atoms with Crippen molar-refractivity contribution in [3.63, 3.8) is 0 Å². The van der Waals surface area contributed by atoms with Crippen LogP contribution in [0.4, 0.5) is 13.2 Å². The third-order valence-corrected chi connectivity index (χ3v) is 5.82. The summed E-state index contributed by atoms with van der Waals surface area (Å²) in [6.07, 6.45) is -3.13. The molecule has 10 heteroatoms. The first kappa shape index (κ1) is 17.1. The molecule has 0 spiro atoms. The summed E-state index contributed by atoms with van der Waals surface area (Å²) < 4.78 is 40.6. The Morgan fingerprint density at radius 1 is 1.42 bits per heavy atom. The summed E-state index contributed by atoms with van der Waals surface area (Å²) in [5, 5.41) is 10.8. The number of rotatable bonds is 2. The van der Waals surface area contributed by atoms with Crippen molar-refractivity contribution in [1.29, 1.82) is 0 Å². The molecule has 4 heterocycles. The molecule has 0 aromatic carbocycles. The van der Waals surface area contributed by atoms with Gasteiger partial charge in [0.25, 0.3) is 5.91 Å². The molecule has 138 valence electrons. The number of halogens is 3. The normalized spacial score (nSPS) is 14.9. The second-order valence-electron chi connectivity index (χ2n) is 6.26. The zero-order valence-corrected chi connectivity index (χ0v) is 15.0. The van der Waals surface area contributed by atoms with Crippen molar-refractivity contribution >= 4 is 27.5 Å². The molecule has 0 unspecified atom stereocenters. The number of carbonyl (C=O) groups is 1. The Hall–Kier alpha value is -2.36. The second kappa shape index (κ2) is 5.83. The summed E-state index contributed by atoms with van der Waals surface area (Å²) in [4.78, 5) is 15.2. The zero-order valence-electron chi connectivity index (χ0n) is 14.1. The number of alkyl halides is 3. The molecular weight excluding hydrogens is 367 g/mol. The number of hydrogen-bond acceptors (Lipinski definition) is 4. The van der Waals surface area contributed by atoms with Gasteiger partial charge >= 0.3 is 6.18 Å². The predicted molar refractivity (Wildman–Crippen MR) is 90.0 cm³/mol. The van der Waals surface area contributed by atoms with E-state index in [-0.39, 0.29) is 11.3 Å². The van der Waals surface area contributed by atoms with Gasteiger partial charge in [0.05, 0.1) is 10.6 Å². The molecule has 26 heavy (non-hydrogen) atoms. The van der Waals surface area contributed by atoms with E-state index in [0.717, 1.165) is 34.7 Å². The van der Waals surface area contributed by atoms with Crippen LogP contribution in [0.5, 0.6) is 0 Å². The lowest BCUT2D eigenvalue weighted by atomic mass is 10.0. The quantitative estimate of drug-likeness (QED) is 0.739. The molecule has 3 aromatic heterocycles. The average Bonchev–Trinajstić information content (AvgIpc) is 3.27. The standard InChI is InChI=1S/C16H16F3N5OS/c1-3-10-9-7-24(5-4-11(9)21-20-10)14(25)12-6-8-13(16(17,18)19)22-23(2)15(8)26-12/h6H,3-5,7H2,1-2H3,(H,20,21). The van der Waals surface area contributed by atoms with Crippen LogP contribution in [0.3, 0.4) is 0 Å². The van der Waals surface area contributed by atoms with Crippen LogP contribution in [-0.4, -0.2) is 37.3 Å². The highest BCUT2D eigenvalue weighted by Crippen LogP contribution is 2.38. The van der Waals surface area contributed by atoms with E-state index in [2.05, 4.69) is 15.3 Å². The van der Waals surface area contributed by atoms with Gasteiger partial charge in [-0.25, -0.2) is 0 Å². The lowest BCUT2D eigenvalue weighted by molar-refractivity contribution is -0.140. The predicted octanol–water partition coefficient (Wildman–Crippen LogP) is 3.14. The lowest BCUT2D eigenvalue weighted by Gasteiger charge is -2.26. The van der Waals surface area contributed by atoms with Crippen LogP contribution in [0, 0.1) is 0 Å². The first-order valence-corrected chi connectivity index (χ1v) is 8.99. The minimum absolute atomic E-state index is 0.0244. The summed E-state index contributed by atoms with van der Waals surface area (Å²) in [6.45, 7) is 2.93. The van der Waals surface area contributed by atoms with Gasteiger partial charge in [-0.05, 0) is 12.5 Å². The van der Waals surface area contributed by atoms with Crippen LogP contribution < -0.4 is 0 Å². The minimum Gasteiger partial charge on any atom is -0.333 e. The zero-order chi connectivity index (χ0) is 18.6. The molecule has 6 nitrogen and oxygen atoms in total. The molecule has 0 saturated heterocycles. The number of amides is 1. The fourth-order valence-electron chi connectivity index (χ4n) is 3.33. The molecule has 0 atom stereocenters. The molecule has 4 rings (SSSR count). The first-order chi connectivity index (χ1) is 12.3. The van der Waals surface area contributed by atoms with E-state index in [9.17, 15) is 18.0 Å². The largest absolute Gasteiger partial charge is 0.435 e. The van der Waals surface area contributed by atoms with Gasteiger partial charge in [-0.3, -0.25) is 14.6 Å². The Labute approximate surface area is 150 Å². The van der Waals surface area contributed by atoms with Crippen molar-refractivity contribution in [3.05, 3.63) is 33.6 Å². The van der Waals surface area contributed by atoms with Gasteiger partial charge in [-0.15, -0.1) is 11.3 Å². The van der Waals surface area contributed by atoms with Crippen molar-refractivity contribution in [2.75, 3.05) is 6.54 Å². The lowest BCUT2D eigenvalue weighted by Crippen LogP contribution is -2.35. The molecule has 3 aromatic rings. The van der Waals surface area contributed by atoms with Crippen molar-refractivity contribution in [2.45, 2.75) is 32.5 Å². The first-order valence-electron chi connectivity index (χ1n) is 8.17. The van der Waals surface area contributed by atoms with E-state index in [0.29, 0.717) is 29.2 Å². The fraction of sp³-hybridized carbons (Fsp3) is 0.438. The van der Waals surface area contributed by atoms with E-state index in [1.807, 2.05) is 6.92 Å². The van der Waals surface area contributed by atoms with Crippen molar-refractivity contribution < 1.29 is 18.0 Å². The molecule has 1 aliphatic rings. The Bertz CT molecular complexity index is 986. The van der Waals surface area contributed by atoms with Gasteiger partial charge in [-0.1, -0.05) is 6.92 Å². The maximum Gasteiger partial charge on any atom is 0.435 e. The number of fused-ring (bicyclic) bond motifs is 2. The Morgan fingerprint density at radius 2 is 2.19 bits per heavy atom. The van der Waals surface area contributed by atoms with Gasteiger partial charge in [0.1, 0.15) is 4.83 Å². The van der Waals surface area contributed by atoms with Crippen LogP contribution in [0.1, 0.15) is 39.2 Å². The molecule has 0 saturated carbocycles. The average molecular weight is 383 g/mol. The van der Waals surface area contributed by atoms with Crippen molar-refractivity contribution in [2.24, 2.45) is 7.05 Å². The molecule has 0 fully saturated rings. The van der Waals surface area contributed by atoms with Crippen LogP contribution >= 0.6 is 11.3 Å². The maximum atomic E-state index is 13.1. The fourth-order valence-corrected chi connectivity index (χ4v) is 4.37. The molecular formula is C16H16F3N5OS. The van der Waals surface area contributed by atoms with Crippen LogP contribution in [-0.2, 0) is 32.6 Å². The van der Waals surface area contributed by atoms with Crippen LogP contribution in [0.15, 0.2) is 6.07 Å². The van der Waals surface area contributed by atoms with E-state index in [1.165, 1.54) is 17.8 Å². The highest BCUT2D eigenvalue weighted by Gasteiger charge is 2.38. The van der Waals surface area contributed by atoms with E-state index in [4.69, 9.17) is 0 Å². The number of thiophene rings is 1. The number of aromatic amines is 1. The van der Waals surface area contributed by atoms with Gasteiger partial charge in [0.15, 0.2) is 5.69 Å². The number of nitrogens with one attached hydrogen (secondary N) is 1. The molecule has 1 amide bonds. The highest BCUT2D eigenvalue weighted by atomic mass is 32.1. The molecule has 1 N–H and O–H groups in total. The van der Waals surface area contributed by atoms with E-state index < -0.39 is 11.9 Å². The molecule has 0 bridgehead atoms. The molecule has 0 aliphatic carbocycles. The number of hydrogen-bond donors (Lipinski definition) is 1. The summed E-state index contributed by atoms with van der Waals surface area (Å²) in [5.41, 5.74) is 2.03. The van der Waals surface area contributed by atoms with Crippen molar-refractivity contribution in [1.82, 2.24) is 24.9 Å². The number of H-pyrrole nitrogens is 1. The Kier molecular flexibility index (Phi) is 3.83. The SMILES string of the molecule is CCc1n[nH]c2c1CN(C(=O)c1cc3c(C(F)(F)F)nn(C)c3s1)CC2. The summed E-state index contributed by atoms with van der Waals surface area (Å²) in [7, 11) is 1.45. The van der Waals surface area contributed by atoms with E-state index >= 15 is 0 Å². The molecule has 1 aliphatic heterocycles. The van der Waals surface area contributed by atoms with E-state index in [1.54, 1.807) is 4.90 Å². The molecule has 0 radical (unpaired) electrons. The Balaban J connectivity index is 1.67. The number of aryl methyl sites for hydroxylation is 2. The summed E-state index contributed by atoms with van der Waals surface area (Å²) in [5.74, 6) is -0.256. The highest BCUT2D eigenvalue weighted by molar-refractivity contribution is 7.20. The van der Waals surface area contributed by atoms with Gasteiger partial charge < -0.3 is 4.90 Å². The van der Waals surface area contributed by atoms with Crippen LogP contribution in [0.25, 0.3) is 10.2 Å². The second-order valence-corrected chi connectivity index (χ2v) is 7.29. The summed E-state index contributed by atoms with van der Waals surface area (Å²) >= 11 is 1.04. The van der Waals surface area contributed by atoms with Gasteiger partial charge in [0, 0.05) is 43.2 Å². The van der Waals surface area contributed by atoms with Crippen molar-refractivity contribution in [3.8, 4) is 0 Å². The summed E-state index contributed by atoms with van der Waals surface area (Å²) in [6, 6.07) is 1.31. The maximum absolute atomic E-state index is 13.1.